The van der Waals surface area contributed by atoms with Gasteiger partial charge < -0.3 is 16.8 Å². The van der Waals surface area contributed by atoms with Crippen LogP contribution in [0.1, 0.15) is 15.2 Å². The molecule has 0 aliphatic heterocycles. The number of amides is 1. The molecule has 0 radical (unpaired) electrons. The molecule has 0 saturated heterocycles. The first-order valence-electron chi connectivity index (χ1n) is 5.23. The van der Waals surface area contributed by atoms with Gasteiger partial charge in [0.2, 0.25) is 0 Å². The Morgan fingerprint density at radius 2 is 1.89 bits per heavy atom. The Hall–Kier alpha value is -1.72. The molecule has 2 rings (SSSR count). The smallest absolute Gasteiger partial charge is 0.251 e. The maximum atomic E-state index is 11.9. The summed E-state index contributed by atoms with van der Waals surface area (Å²) in [4.78, 5) is 12.9. The summed E-state index contributed by atoms with van der Waals surface area (Å²) in [5.41, 5.74) is 12.7. The molecule has 0 aliphatic rings. The number of halogens is 1. The van der Waals surface area contributed by atoms with Gasteiger partial charge in [-0.1, -0.05) is 11.6 Å². The Labute approximate surface area is 114 Å². The van der Waals surface area contributed by atoms with Crippen molar-refractivity contribution in [2.75, 3.05) is 11.5 Å². The minimum absolute atomic E-state index is 0.210. The van der Waals surface area contributed by atoms with E-state index in [0.717, 1.165) is 4.88 Å². The van der Waals surface area contributed by atoms with Gasteiger partial charge in [0.1, 0.15) is 0 Å². The van der Waals surface area contributed by atoms with Gasteiger partial charge in [-0.25, -0.2) is 0 Å². The molecule has 0 bridgehead atoms. The molecule has 1 aromatic heterocycles. The van der Waals surface area contributed by atoms with Crippen molar-refractivity contribution in [1.82, 2.24) is 5.32 Å². The van der Waals surface area contributed by atoms with Crippen molar-refractivity contribution in [2.45, 2.75) is 6.54 Å². The van der Waals surface area contributed by atoms with E-state index >= 15 is 0 Å². The van der Waals surface area contributed by atoms with Gasteiger partial charge in [-0.2, -0.15) is 0 Å². The lowest BCUT2D eigenvalue weighted by atomic mass is 10.1. The van der Waals surface area contributed by atoms with Crippen LogP contribution < -0.4 is 16.8 Å². The molecule has 1 heterocycles. The van der Waals surface area contributed by atoms with Gasteiger partial charge >= 0.3 is 0 Å². The second kappa shape index (κ2) is 5.29. The van der Waals surface area contributed by atoms with Crippen molar-refractivity contribution in [3.63, 3.8) is 0 Å². The summed E-state index contributed by atoms with van der Waals surface area (Å²) in [5.74, 6) is -0.210. The lowest BCUT2D eigenvalue weighted by Gasteiger charge is -2.05. The van der Waals surface area contributed by atoms with Crippen molar-refractivity contribution in [2.24, 2.45) is 0 Å². The number of hydrogen-bond donors (Lipinski definition) is 3. The van der Waals surface area contributed by atoms with Crippen molar-refractivity contribution >= 4 is 40.2 Å². The van der Waals surface area contributed by atoms with Crippen LogP contribution in [0.5, 0.6) is 0 Å². The normalized spacial score (nSPS) is 10.3. The molecule has 94 valence electrons. The lowest BCUT2D eigenvalue weighted by Crippen LogP contribution is -2.22. The van der Waals surface area contributed by atoms with E-state index in [4.69, 9.17) is 23.1 Å². The number of nitrogens with one attached hydrogen (secondary N) is 1. The van der Waals surface area contributed by atoms with E-state index in [-0.39, 0.29) is 5.91 Å². The summed E-state index contributed by atoms with van der Waals surface area (Å²) < 4.78 is 0.701. The minimum Gasteiger partial charge on any atom is -0.399 e. The first-order valence-corrected chi connectivity index (χ1v) is 6.42. The average Bonchev–Trinajstić information content (AvgIpc) is 2.70. The van der Waals surface area contributed by atoms with E-state index in [1.165, 1.54) is 11.3 Å². The van der Waals surface area contributed by atoms with Crippen molar-refractivity contribution in [1.29, 1.82) is 0 Å². The monoisotopic (exact) mass is 281 g/mol. The molecule has 1 aromatic carbocycles. The van der Waals surface area contributed by atoms with Gasteiger partial charge in [-0.15, -0.1) is 11.3 Å². The fourth-order valence-electron chi connectivity index (χ4n) is 1.52. The molecule has 0 atom stereocenters. The molecule has 0 saturated carbocycles. The first-order chi connectivity index (χ1) is 8.54. The van der Waals surface area contributed by atoms with E-state index in [2.05, 4.69) is 5.32 Å². The second-order valence-corrected chi connectivity index (χ2v) is 5.58. The van der Waals surface area contributed by atoms with Gasteiger partial charge in [0.15, 0.2) is 0 Å². The van der Waals surface area contributed by atoms with E-state index in [0.29, 0.717) is 27.8 Å². The van der Waals surface area contributed by atoms with Gasteiger partial charge in [0, 0.05) is 21.8 Å². The highest BCUT2D eigenvalue weighted by atomic mass is 35.5. The highest BCUT2D eigenvalue weighted by Crippen LogP contribution is 2.21. The van der Waals surface area contributed by atoms with Crippen LogP contribution in [0.15, 0.2) is 30.3 Å². The molecular formula is C12H12ClN3OS. The Bertz CT molecular complexity index is 562. The number of hydrogen-bond acceptors (Lipinski definition) is 4. The summed E-state index contributed by atoms with van der Waals surface area (Å²) in [6.45, 7) is 0.435. The predicted octanol–water partition coefficient (Wildman–Crippen LogP) is 2.50. The van der Waals surface area contributed by atoms with Crippen LogP contribution in [0, 0.1) is 0 Å². The topological polar surface area (TPSA) is 81.1 Å². The zero-order chi connectivity index (χ0) is 13.1. The van der Waals surface area contributed by atoms with Gasteiger partial charge in [-0.3, -0.25) is 4.79 Å². The standard InChI is InChI=1S/C12H12ClN3OS/c13-11-2-1-10(18-11)6-16-12(17)7-3-8(14)5-9(15)4-7/h1-5H,6,14-15H2,(H,16,17). The highest BCUT2D eigenvalue weighted by Gasteiger charge is 2.07. The second-order valence-electron chi connectivity index (χ2n) is 3.78. The van der Waals surface area contributed by atoms with Crippen molar-refractivity contribution in [3.8, 4) is 0 Å². The Balaban J connectivity index is 2.03. The van der Waals surface area contributed by atoms with E-state index in [1.54, 1.807) is 24.3 Å². The molecule has 0 fully saturated rings. The van der Waals surface area contributed by atoms with E-state index in [1.807, 2.05) is 6.07 Å². The minimum atomic E-state index is -0.210. The number of nitrogens with two attached hydrogens (primary N) is 2. The maximum Gasteiger partial charge on any atom is 0.251 e. The number of anilines is 2. The number of nitrogen functional groups attached to an aromatic ring is 2. The summed E-state index contributed by atoms with van der Waals surface area (Å²) in [6.07, 6.45) is 0. The lowest BCUT2D eigenvalue weighted by molar-refractivity contribution is 0.0951. The van der Waals surface area contributed by atoms with Crippen LogP contribution in [0.4, 0.5) is 11.4 Å². The van der Waals surface area contributed by atoms with Crippen LogP contribution in [0.25, 0.3) is 0 Å². The number of carbonyl (C=O) groups excluding carboxylic acids is 1. The predicted molar refractivity (Wildman–Crippen MR) is 75.8 cm³/mol. The molecule has 0 spiro atoms. The zero-order valence-corrected chi connectivity index (χ0v) is 11.0. The molecular weight excluding hydrogens is 270 g/mol. The number of rotatable bonds is 3. The summed E-state index contributed by atoms with van der Waals surface area (Å²) >= 11 is 7.24. The fraction of sp³-hybridized carbons (Fsp3) is 0.0833. The van der Waals surface area contributed by atoms with Crippen LogP contribution in [0.3, 0.4) is 0 Å². The third kappa shape index (κ3) is 3.15. The number of benzene rings is 1. The molecule has 2 aromatic rings. The van der Waals surface area contributed by atoms with E-state index in [9.17, 15) is 4.79 Å². The Morgan fingerprint density at radius 1 is 1.22 bits per heavy atom. The maximum absolute atomic E-state index is 11.9. The van der Waals surface area contributed by atoms with Crippen LogP contribution in [-0.2, 0) is 6.54 Å². The van der Waals surface area contributed by atoms with E-state index < -0.39 is 0 Å². The van der Waals surface area contributed by atoms with Gasteiger partial charge in [0.05, 0.1) is 10.9 Å². The molecule has 0 unspecified atom stereocenters. The SMILES string of the molecule is Nc1cc(N)cc(C(=O)NCc2ccc(Cl)s2)c1. The zero-order valence-electron chi connectivity index (χ0n) is 9.44. The first kappa shape index (κ1) is 12.7. The molecule has 1 amide bonds. The summed E-state index contributed by atoms with van der Waals surface area (Å²) in [5, 5.41) is 2.78. The molecule has 6 heteroatoms. The third-order valence-electron chi connectivity index (χ3n) is 2.29. The van der Waals surface area contributed by atoms with Crippen molar-refractivity contribution < 1.29 is 4.79 Å². The van der Waals surface area contributed by atoms with Crippen molar-refractivity contribution in [3.05, 3.63) is 45.1 Å². The molecule has 0 aliphatic carbocycles. The Morgan fingerprint density at radius 3 is 2.44 bits per heavy atom. The third-order valence-corrected chi connectivity index (χ3v) is 3.52. The van der Waals surface area contributed by atoms with Gasteiger partial charge in [-0.05, 0) is 30.3 Å². The van der Waals surface area contributed by atoms with Gasteiger partial charge in [0.25, 0.3) is 5.91 Å². The largest absolute Gasteiger partial charge is 0.399 e. The summed E-state index contributed by atoms with van der Waals surface area (Å²) in [6, 6.07) is 8.46. The van der Waals surface area contributed by atoms with Crippen LogP contribution >= 0.6 is 22.9 Å². The quantitative estimate of drug-likeness (QED) is 0.756. The Kier molecular flexibility index (Phi) is 3.74. The summed E-state index contributed by atoms with van der Waals surface area (Å²) in [7, 11) is 0. The average molecular weight is 282 g/mol. The fourth-order valence-corrected chi connectivity index (χ4v) is 2.55. The molecule has 18 heavy (non-hydrogen) atoms. The number of thiophene rings is 1. The molecule has 4 nitrogen and oxygen atoms in total. The number of carbonyl (C=O) groups is 1. The van der Waals surface area contributed by atoms with Crippen LogP contribution in [0.2, 0.25) is 4.34 Å². The molecule has 5 N–H and O–H groups in total. The van der Waals surface area contributed by atoms with Crippen LogP contribution in [-0.4, -0.2) is 5.91 Å². The highest BCUT2D eigenvalue weighted by molar-refractivity contribution is 7.16.